The summed E-state index contributed by atoms with van der Waals surface area (Å²) >= 11 is 2.07. The van der Waals surface area contributed by atoms with Crippen molar-refractivity contribution in [1.29, 1.82) is 0 Å². The van der Waals surface area contributed by atoms with E-state index in [1.807, 2.05) is 7.05 Å². The Morgan fingerprint density at radius 1 is 1.47 bits per heavy atom. The maximum atomic E-state index is 4.17. The number of nitrogens with zero attached hydrogens (tertiary/aromatic N) is 1. The van der Waals surface area contributed by atoms with Crippen LogP contribution in [0.25, 0.3) is 0 Å². The summed E-state index contributed by atoms with van der Waals surface area (Å²) in [5.74, 6) is 2.27. The lowest BCUT2D eigenvalue weighted by atomic mass is 10.2. The van der Waals surface area contributed by atoms with Gasteiger partial charge in [-0.2, -0.15) is 11.8 Å². The highest BCUT2D eigenvalue weighted by atomic mass is 127. The first-order valence-corrected chi connectivity index (χ1v) is 6.47. The van der Waals surface area contributed by atoms with E-state index in [9.17, 15) is 0 Å². The second-order valence-corrected chi connectivity index (χ2v) is 4.92. The Kier molecular flexibility index (Phi) is 9.79. The van der Waals surface area contributed by atoms with Gasteiger partial charge >= 0.3 is 0 Å². The molecule has 1 saturated heterocycles. The minimum absolute atomic E-state index is 0. The zero-order chi connectivity index (χ0) is 10.2. The minimum atomic E-state index is 0. The Morgan fingerprint density at radius 2 is 2.27 bits per heavy atom. The van der Waals surface area contributed by atoms with Gasteiger partial charge in [-0.1, -0.05) is 6.92 Å². The first kappa shape index (κ1) is 15.3. The summed E-state index contributed by atoms with van der Waals surface area (Å²) in [6, 6.07) is 0. The van der Waals surface area contributed by atoms with Gasteiger partial charge in [0, 0.05) is 25.4 Å². The Bertz CT molecular complexity index is 182. The summed E-state index contributed by atoms with van der Waals surface area (Å²) in [6.07, 6.45) is 3.86. The lowest BCUT2D eigenvalue weighted by Crippen LogP contribution is -2.40. The number of aliphatic imine (C=N–C) groups is 1. The first-order valence-electron chi connectivity index (χ1n) is 5.43. The lowest BCUT2D eigenvalue weighted by Gasteiger charge is -2.14. The van der Waals surface area contributed by atoms with Crippen LogP contribution in [0.1, 0.15) is 26.2 Å². The van der Waals surface area contributed by atoms with Gasteiger partial charge in [-0.25, -0.2) is 0 Å². The van der Waals surface area contributed by atoms with Gasteiger partial charge in [0.25, 0.3) is 0 Å². The number of nitrogens with one attached hydrogen (secondary N) is 2. The molecule has 1 fully saturated rings. The zero-order valence-electron chi connectivity index (χ0n) is 9.58. The van der Waals surface area contributed by atoms with Crippen molar-refractivity contribution in [1.82, 2.24) is 10.6 Å². The zero-order valence-corrected chi connectivity index (χ0v) is 12.7. The van der Waals surface area contributed by atoms with Crippen LogP contribution in [0.15, 0.2) is 4.99 Å². The monoisotopic (exact) mass is 343 g/mol. The number of rotatable bonds is 4. The van der Waals surface area contributed by atoms with E-state index in [4.69, 9.17) is 0 Å². The minimum Gasteiger partial charge on any atom is -0.356 e. The van der Waals surface area contributed by atoms with Crippen molar-refractivity contribution in [2.24, 2.45) is 4.99 Å². The highest BCUT2D eigenvalue weighted by Crippen LogP contribution is 2.25. The second kappa shape index (κ2) is 9.57. The predicted octanol–water partition coefficient (Wildman–Crippen LogP) is 2.07. The molecule has 0 radical (unpaired) electrons. The average molecular weight is 343 g/mol. The smallest absolute Gasteiger partial charge is 0.191 e. The fraction of sp³-hybridized carbons (Fsp3) is 0.900. The van der Waals surface area contributed by atoms with Crippen molar-refractivity contribution in [2.75, 3.05) is 25.9 Å². The number of hydrogen-bond donors (Lipinski definition) is 2. The molecule has 1 unspecified atom stereocenters. The molecule has 0 aliphatic carbocycles. The van der Waals surface area contributed by atoms with E-state index in [0.29, 0.717) is 0 Å². The molecule has 90 valence electrons. The molecule has 0 aromatic heterocycles. The number of thioether (sulfide) groups is 1. The van der Waals surface area contributed by atoms with Crippen molar-refractivity contribution in [2.45, 2.75) is 31.4 Å². The quantitative estimate of drug-likeness (QED) is 0.466. The van der Waals surface area contributed by atoms with Crippen LogP contribution >= 0.6 is 35.7 Å². The molecule has 1 atom stereocenters. The number of hydrogen-bond acceptors (Lipinski definition) is 2. The van der Waals surface area contributed by atoms with Crippen LogP contribution in [0, 0.1) is 0 Å². The van der Waals surface area contributed by atoms with E-state index < -0.39 is 0 Å². The number of guanidine groups is 1. The van der Waals surface area contributed by atoms with Crippen molar-refractivity contribution in [3.05, 3.63) is 0 Å². The van der Waals surface area contributed by atoms with E-state index in [1.54, 1.807) is 0 Å². The maximum Gasteiger partial charge on any atom is 0.191 e. The molecule has 15 heavy (non-hydrogen) atoms. The van der Waals surface area contributed by atoms with Crippen LogP contribution in [0.4, 0.5) is 0 Å². The first-order chi connectivity index (χ1) is 6.86. The SMILES string of the molecule is CCCNC(=NC)NCC1CCCS1.I. The van der Waals surface area contributed by atoms with Crippen LogP contribution in [-0.4, -0.2) is 37.1 Å². The molecule has 3 nitrogen and oxygen atoms in total. The van der Waals surface area contributed by atoms with Crippen LogP contribution in [0.5, 0.6) is 0 Å². The summed E-state index contributed by atoms with van der Waals surface area (Å²) in [6.45, 7) is 4.21. The third kappa shape index (κ3) is 6.50. The van der Waals surface area contributed by atoms with Gasteiger partial charge in [0.1, 0.15) is 0 Å². The summed E-state index contributed by atoms with van der Waals surface area (Å²) in [5, 5.41) is 7.42. The molecule has 1 aliphatic heterocycles. The van der Waals surface area contributed by atoms with Crippen molar-refractivity contribution >= 4 is 41.7 Å². The summed E-state index contributed by atoms with van der Waals surface area (Å²) < 4.78 is 0. The predicted molar refractivity (Wildman–Crippen MR) is 80.6 cm³/mol. The summed E-state index contributed by atoms with van der Waals surface area (Å²) in [4.78, 5) is 4.17. The number of halogens is 1. The Morgan fingerprint density at radius 3 is 2.80 bits per heavy atom. The van der Waals surface area contributed by atoms with E-state index >= 15 is 0 Å². The third-order valence-electron chi connectivity index (χ3n) is 2.29. The van der Waals surface area contributed by atoms with Crippen LogP contribution in [0.2, 0.25) is 0 Å². The normalized spacial score (nSPS) is 20.9. The molecular weight excluding hydrogens is 321 g/mol. The topological polar surface area (TPSA) is 36.4 Å². The molecule has 0 bridgehead atoms. The van der Waals surface area contributed by atoms with Crippen molar-refractivity contribution < 1.29 is 0 Å². The van der Waals surface area contributed by atoms with E-state index in [2.05, 4.69) is 34.3 Å². The molecule has 0 amide bonds. The molecule has 0 saturated carbocycles. The molecule has 5 heteroatoms. The highest BCUT2D eigenvalue weighted by molar-refractivity contribution is 14.0. The lowest BCUT2D eigenvalue weighted by molar-refractivity contribution is 0.721. The molecule has 1 rings (SSSR count). The standard InChI is InChI=1S/C10H21N3S.HI/c1-3-6-12-10(11-2)13-8-9-5-4-7-14-9;/h9H,3-8H2,1-2H3,(H2,11,12,13);1H. The van der Waals surface area contributed by atoms with Gasteiger partial charge in [0.15, 0.2) is 5.96 Å². The fourth-order valence-corrected chi connectivity index (χ4v) is 2.68. The van der Waals surface area contributed by atoms with E-state index in [1.165, 1.54) is 18.6 Å². The van der Waals surface area contributed by atoms with E-state index in [-0.39, 0.29) is 24.0 Å². The molecule has 0 aromatic carbocycles. The molecule has 1 aliphatic rings. The van der Waals surface area contributed by atoms with Gasteiger partial charge < -0.3 is 10.6 Å². The average Bonchev–Trinajstić information content (AvgIpc) is 2.71. The maximum absolute atomic E-state index is 4.17. The fourth-order valence-electron chi connectivity index (χ4n) is 1.48. The Labute approximate surface area is 114 Å². The van der Waals surface area contributed by atoms with Crippen molar-refractivity contribution in [3.63, 3.8) is 0 Å². The molecule has 2 N–H and O–H groups in total. The van der Waals surface area contributed by atoms with Crippen LogP contribution < -0.4 is 10.6 Å². The van der Waals surface area contributed by atoms with Gasteiger partial charge in [0.05, 0.1) is 0 Å². The van der Waals surface area contributed by atoms with Gasteiger partial charge in [-0.05, 0) is 25.0 Å². The van der Waals surface area contributed by atoms with Crippen LogP contribution in [0.3, 0.4) is 0 Å². The largest absolute Gasteiger partial charge is 0.356 e. The van der Waals surface area contributed by atoms with Gasteiger partial charge in [0.2, 0.25) is 0 Å². The third-order valence-corrected chi connectivity index (χ3v) is 3.69. The van der Waals surface area contributed by atoms with E-state index in [0.717, 1.165) is 30.7 Å². The Hall–Kier alpha value is 0.350. The van der Waals surface area contributed by atoms with Gasteiger partial charge in [-0.15, -0.1) is 24.0 Å². The van der Waals surface area contributed by atoms with Crippen molar-refractivity contribution in [3.8, 4) is 0 Å². The Balaban J connectivity index is 0.00000196. The second-order valence-electron chi connectivity index (χ2n) is 3.51. The highest BCUT2D eigenvalue weighted by Gasteiger charge is 2.15. The summed E-state index contributed by atoms with van der Waals surface area (Å²) in [5.41, 5.74) is 0. The van der Waals surface area contributed by atoms with Crippen LogP contribution in [-0.2, 0) is 0 Å². The van der Waals surface area contributed by atoms with Gasteiger partial charge in [-0.3, -0.25) is 4.99 Å². The molecular formula is C10H22IN3S. The molecule has 0 spiro atoms. The molecule has 1 heterocycles. The summed E-state index contributed by atoms with van der Waals surface area (Å²) in [7, 11) is 1.83. The molecule has 0 aromatic rings.